The van der Waals surface area contributed by atoms with E-state index in [1.165, 1.54) is 24.3 Å². The molecule has 1 rings (SSSR count). The van der Waals surface area contributed by atoms with Gasteiger partial charge in [-0.05, 0) is 24.3 Å². The molecule has 0 saturated carbocycles. The van der Waals surface area contributed by atoms with E-state index in [-0.39, 0.29) is 10.6 Å². The highest BCUT2D eigenvalue weighted by molar-refractivity contribution is 7.72. The smallest absolute Gasteiger partial charge is 0.168 e. The third-order valence-corrected chi connectivity index (χ3v) is 1.78. The van der Waals surface area contributed by atoms with Crippen LogP contribution in [0, 0.1) is 0 Å². The molecule has 0 aliphatic heterocycles. The number of hydrogen-bond acceptors (Lipinski definition) is 3. The molecule has 0 aromatic heterocycles. The van der Waals surface area contributed by atoms with Gasteiger partial charge in [-0.3, -0.25) is 0 Å². The number of hydrogen-bond donors (Lipinski definition) is 2. The Kier molecular flexibility index (Phi) is 5.12. The van der Waals surface area contributed by atoms with Crippen molar-refractivity contribution < 1.29 is 13.5 Å². The fourth-order valence-electron chi connectivity index (χ4n) is 0.574. The second-order valence-corrected chi connectivity index (χ2v) is 2.80. The van der Waals surface area contributed by atoms with Crippen LogP contribution < -0.4 is 0 Å². The largest absolute Gasteiger partial charge is 0.508 e. The lowest BCUT2D eigenvalue weighted by molar-refractivity contribution is 0.475. The van der Waals surface area contributed by atoms with Crippen LogP contribution in [0.5, 0.6) is 5.75 Å². The zero-order valence-electron chi connectivity index (χ0n) is 7.02. The Bertz CT molecular complexity index is 280. The number of benzene rings is 1. The van der Waals surface area contributed by atoms with Crippen molar-refractivity contribution in [3.8, 4) is 5.75 Å². The maximum absolute atomic E-state index is 10.3. The molecule has 0 spiro atoms. The van der Waals surface area contributed by atoms with Gasteiger partial charge in [0.1, 0.15) is 5.75 Å². The van der Waals surface area contributed by atoms with Crippen molar-refractivity contribution in [2.24, 2.45) is 0 Å². The molecule has 1 N–H and O–H groups in total. The summed E-state index contributed by atoms with van der Waals surface area (Å²) in [5.41, 5.74) is 0. The first-order valence-electron chi connectivity index (χ1n) is 3.63. The maximum atomic E-state index is 10.3. The third kappa shape index (κ3) is 3.39. The van der Waals surface area contributed by atoms with Crippen molar-refractivity contribution in [3.05, 3.63) is 24.3 Å². The van der Waals surface area contributed by atoms with E-state index in [1.54, 1.807) is 0 Å². The van der Waals surface area contributed by atoms with Gasteiger partial charge < -0.3 is 5.11 Å². The molecule has 0 radical (unpaired) electrons. The van der Waals surface area contributed by atoms with Crippen LogP contribution in [0.2, 0.25) is 0 Å². The van der Waals surface area contributed by atoms with Gasteiger partial charge in [0.2, 0.25) is 0 Å². The molecule has 0 aliphatic carbocycles. The minimum atomic E-state index is -2.52. The van der Waals surface area contributed by atoms with Crippen LogP contribution in [0.1, 0.15) is 13.8 Å². The first kappa shape index (κ1) is 11.0. The van der Waals surface area contributed by atoms with Crippen LogP contribution in [-0.4, -0.2) is 13.5 Å². The van der Waals surface area contributed by atoms with Gasteiger partial charge in [-0.2, -0.15) is 0 Å². The maximum Gasteiger partial charge on any atom is 0.168 e. The van der Waals surface area contributed by atoms with Crippen molar-refractivity contribution in [1.82, 2.24) is 0 Å². The summed E-state index contributed by atoms with van der Waals surface area (Å²) in [5.74, 6) is 0.0700. The van der Waals surface area contributed by atoms with Gasteiger partial charge in [-0.25, -0.2) is 8.42 Å². The summed E-state index contributed by atoms with van der Waals surface area (Å²) < 4.78 is 20.5. The zero-order valence-corrected chi connectivity index (χ0v) is 7.91. The first-order chi connectivity index (χ1) is 5.70. The standard InChI is InChI=1S/C6H6O3S.C2H6/c7-5-1-3-6(4-2-5)10(8)9;1-2/h1-4,7,10H;1-2H3. The van der Waals surface area contributed by atoms with Crippen LogP contribution in [0.25, 0.3) is 0 Å². The second-order valence-electron chi connectivity index (χ2n) is 1.77. The molecule has 12 heavy (non-hydrogen) atoms. The van der Waals surface area contributed by atoms with Gasteiger partial charge in [0.05, 0.1) is 4.90 Å². The molecule has 0 saturated heterocycles. The minimum Gasteiger partial charge on any atom is -0.508 e. The van der Waals surface area contributed by atoms with Crippen LogP contribution in [0.4, 0.5) is 0 Å². The summed E-state index contributed by atoms with van der Waals surface area (Å²) in [6, 6.07) is 5.36. The second kappa shape index (κ2) is 5.60. The van der Waals surface area contributed by atoms with Gasteiger partial charge in [-0.15, -0.1) is 0 Å². The SMILES string of the molecule is CC.O=[SH](=O)c1ccc(O)cc1. The molecule has 0 unspecified atom stereocenters. The van der Waals surface area contributed by atoms with Crippen molar-refractivity contribution in [3.63, 3.8) is 0 Å². The minimum absolute atomic E-state index is 0.0700. The Balaban J connectivity index is 0.000000561. The lowest BCUT2D eigenvalue weighted by Gasteiger charge is -1.89. The van der Waals surface area contributed by atoms with Crippen LogP contribution in [0.3, 0.4) is 0 Å². The molecule has 0 bridgehead atoms. The van der Waals surface area contributed by atoms with E-state index in [2.05, 4.69) is 0 Å². The lowest BCUT2D eigenvalue weighted by Crippen LogP contribution is -1.76. The van der Waals surface area contributed by atoms with E-state index in [0.29, 0.717) is 0 Å². The Hall–Kier alpha value is -1.03. The van der Waals surface area contributed by atoms with Gasteiger partial charge in [-0.1, -0.05) is 13.8 Å². The average molecular weight is 188 g/mol. The van der Waals surface area contributed by atoms with Crippen LogP contribution in [-0.2, 0) is 10.7 Å². The predicted octanol–water partition coefficient (Wildman–Crippen LogP) is 1.39. The quantitative estimate of drug-likeness (QED) is 0.655. The van der Waals surface area contributed by atoms with E-state index in [4.69, 9.17) is 5.11 Å². The third-order valence-electron chi connectivity index (χ3n) is 1.06. The van der Waals surface area contributed by atoms with E-state index < -0.39 is 10.7 Å². The Labute approximate surface area is 73.6 Å². The van der Waals surface area contributed by atoms with Gasteiger partial charge in [0.25, 0.3) is 0 Å². The molecule has 4 heteroatoms. The Morgan fingerprint density at radius 1 is 1.08 bits per heavy atom. The first-order valence-corrected chi connectivity index (χ1v) is 4.81. The molecular formula is C8H12O3S. The molecule has 1 aromatic rings. The molecule has 1 aromatic carbocycles. The summed E-state index contributed by atoms with van der Waals surface area (Å²) >= 11 is 0. The highest BCUT2D eigenvalue weighted by Gasteiger charge is 1.92. The molecular weight excluding hydrogens is 176 g/mol. The highest BCUT2D eigenvalue weighted by Crippen LogP contribution is 2.09. The highest BCUT2D eigenvalue weighted by atomic mass is 32.2. The van der Waals surface area contributed by atoms with Gasteiger partial charge in [0.15, 0.2) is 10.7 Å². The van der Waals surface area contributed by atoms with Crippen LogP contribution >= 0.6 is 0 Å². The molecule has 0 atom stereocenters. The summed E-state index contributed by atoms with van der Waals surface area (Å²) in [5, 5.41) is 8.74. The molecule has 0 amide bonds. The summed E-state index contributed by atoms with van der Waals surface area (Å²) in [6.07, 6.45) is 0. The van der Waals surface area contributed by atoms with E-state index in [1.807, 2.05) is 13.8 Å². The monoisotopic (exact) mass is 188 g/mol. The lowest BCUT2D eigenvalue weighted by atomic mass is 10.3. The number of phenolic OH excluding ortho intramolecular Hbond substituents is 1. The van der Waals surface area contributed by atoms with Gasteiger partial charge in [0, 0.05) is 0 Å². The fraction of sp³-hybridized carbons (Fsp3) is 0.250. The molecule has 0 fully saturated rings. The Morgan fingerprint density at radius 3 is 1.83 bits per heavy atom. The summed E-state index contributed by atoms with van der Waals surface area (Å²) in [6.45, 7) is 4.00. The average Bonchev–Trinajstić information content (AvgIpc) is 2.09. The van der Waals surface area contributed by atoms with Crippen LogP contribution in [0.15, 0.2) is 29.2 Å². The molecule has 0 heterocycles. The number of aromatic hydroxyl groups is 1. The fourth-order valence-corrected chi connectivity index (χ4v) is 0.967. The van der Waals surface area contributed by atoms with Crippen molar-refractivity contribution >= 4 is 10.7 Å². The molecule has 68 valence electrons. The predicted molar refractivity (Wildman–Crippen MR) is 48.0 cm³/mol. The normalized spacial score (nSPS) is 8.92. The molecule has 3 nitrogen and oxygen atoms in total. The Morgan fingerprint density at radius 2 is 1.50 bits per heavy atom. The topological polar surface area (TPSA) is 54.4 Å². The number of phenols is 1. The zero-order chi connectivity index (χ0) is 9.56. The van der Waals surface area contributed by atoms with Crippen molar-refractivity contribution in [2.75, 3.05) is 0 Å². The van der Waals surface area contributed by atoms with Gasteiger partial charge >= 0.3 is 0 Å². The number of rotatable bonds is 1. The van der Waals surface area contributed by atoms with E-state index in [9.17, 15) is 8.42 Å². The summed E-state index contributed by atoms with van der Waals surface area (Å²) in [7, 11) is -2.52. The van der Waals surface area contributed by atoms with Crippen molar-refractivity contribution in [2.45, 2.75) is 18.7 Å². The van der Waals surface area contributed by atoms with Crippen molar-refractivity contribution in [1.29, 1.82) is 0 Å². The molecule has 0 aliphatic rings. The van der Waals surface area contributed by atoms with E-state index >= 15 is 0 Å². The number of thiol groups is 1. The van der Waals surface area contributed by atoms with E-state index in [0.717, 1.165) is 0 Å². The summed E-state index contributed by atoms with van der Waals surface area (Å²) in [4.78, 5) is 0.216.